The molecule has 1 aromatic heterocycles. The van der Waals surface area contributed by atoms with E-state index >= 15 is 0 Å². The van der Waals surface area contributed by atoms with E-state index in [4.69, 9.17) is 4.74 Å². The van der Waals surface area contributed by atoms with Crippen LogP contribution >= 0.6 is 0 Å². The highest BCUT2D eigenvalue weighted by atomic mass is 16.5. The van der Waals surface area contributed by atoms with Gasteiger partial charge in [-0.1, -0.05) is 18.2 Å². The van der Waals surface area contributed by atoms with E-state index in [1.165, 1.54) is 0 Å². The predicted octanol–water partition coefficient (Wildman–Crippen LogP) is 2.86. The first-order valence-electron chi connectivity index (χ1n) is 8.16. The third kappa shape index (κ3) is 2.87. The highest BCUT2D eigenvalue weighted by Crippen LogP contribution is 2.35. The van der Waals surface area contributed by atoms with Gasteiger partial charge in [-0.05, 0) is 42.3 Å². The van der Waals surface area contributed by atoms with Crippen LogP contribution in [-0.4, -0.2) is 39.2 Å². The molecule has 2 aromatic carbocycles. The van der Waals surface area contributed by atoms with E-state index in [0.717, 1.165) is 30.0 Å². The Labute approximate surface area is 145 Å². The van der Waals surface area contributed by atoms with Crippen LogP contribution < -0.4 is 4.74 Å². The van der Waals surface area contributed by atoms with Gasteiger partial charge in [0, 0.05) is 17.8 Å². The van der Waals surface area contributed by atoms with Crippen LogP contribution in [0.3, 0.4) is 0 Å². The molecule has 0 spiro atoms. The van der Waals surface area contributed by atoms with Crippen molar-refractivity contribution in [1.82, 2.24) is 19.7 Å². The van der Waals surface area contributed by atoms with E-state index in [1.807, 2.05) is 53.4 Å². The van der Waals surface area contributed by atoms with E-state index in [9.17, 15) is 4.79 Å². The molecular formula is C19H18N4O2. The molecule has 0 N–H and O–H groups in total. The van der Waals surface area contributed by atoms with Crippen LogP contribution in [0.2, 0.25) is 0 Å². The number of amides is 1. The molecule has 0 saturated carbocycles. The fourth-order valence-corrected chi connectivity index (χ4v) is 3.13. The summed E-state index contributed by atoms with van der Waals surface area (Å²) in [6.07, 6.45) is 4.20. The smallest absolute Gasteiger partial charge is 0.254 e. The molecule has 1 saturated heterocycles. The number of benzene rings is 2. The van der Waals surface area contributed by atoms with Gasteiger partial charge in [-0.2, -0.15) is 0 Å². The number of methoxy groups -OCH3 is 1. The predicted molar refractivity (Wildman–Crippen MR) is 92.7 cm³/mol. The first-order chi connectivity index (χ1) is 12.3. The van der Waals surface area contributed by atoms with Crippen molar-refractivity contribution in [3.8, 4) is 11.4 Å². The highest BCUT2D eigenvalue weighted by molar-refractivity contribution is 5.95. The molecular weight excluding hydrogens is 316 g/mol. The average Bonchev–Trinajstić information content (AvgIpc) is 3.16. The summed E-state index contributed by atoms with van der Waals surface area (Å²) in [7, 11) is 1.65. The molecule has 1 aliphatic heterocycles. The largest absolute Gasteiger partial charge is 0.497 e. The van der Waals surface area contributed by atoms with Gasteiger partial charge in [-0.25, -0.2) is 0 Å². The van der Waals surface area contributed by atoms with Crippen molar-refractivity contribution in [3.05, 3.63) is 72.3 Å². The number of carbonyl (C=O) groups is 1. The molecule has 1 amide bonds. The zero-order valence-electron chi connectivity index (χ0n) is 13.9. The summed E-state index contributed by atoms with van der Waals surface area (Å²) in [5.41, 5.74) is 2.64. The number of nitrogens with zero attached hydrogens (tertiary/aromatic N) is 4. The summed E-state index contributed by atoms with van der Waals surface area (Å²) in [4.78, 5) is 14.8. The van der Waals surface area contributed by atoms with Crippen LogP contribution in [0.25, 0.3) is 5.69 Å². The summed E-state index contributed by atoms with van der Waals surface area (Å²) in [6, 6.07) is 15.5. The van der Waals surface area contributed by atoms with Crippen molar-refractivity contribution < 1.29 is 9.53 Å². The van der Waals surface area contributed by atoms with Crippen molar-refractivity contribution in [2.24, 2.45) is 0 Å². The van der Waals surface area contributed by atoms with Crippen LogP contribution in [0.1, 0.15) is 28.4 Å². The molecule has 1 fully saturated rings. The maximum absolute atomic E-state index is 12.9. The number of aromatic nitrogens is 3. The standard InChI is InChI=1S/C19H18N4O2/c1-25-17-7-3-4-14(11-17)18-8-9-23(18)19(24)15-5-2-6-16(10-15)22-12-20-21-13-22/h2-7,10-13,18H,8-9H2,1H3/t18-/m1/s1. The Balaban J connectivity index is 1.58. The topological polar surface area (TPSA) is 60.2 Å². The molecule has 4 rings (SSSR count). The quantitative estimate of drug-likeness (QED) is 0.736. The lowest BCUT2D eigenvalue weighted by molar-refractivity contribution is 0.0460. The molecule has 6 nitrogen and oxygen atoms in total. The van der Waals surface area contributed by atoms with E-state index in [2.05, 4.69) is 10.2 Å². The molecule has 126 valence electrons. The first kappa shape index (κ1) is 15.4. The Morgan fingerprint density at radius 1 is 1.12 bits per heavy atom. The van der Waals surface area contributed by atoms with Gasteiger partial charge in [0.1, 0.15) is 18.4 Å². The molecule has 0 unspecified atom stereocenters. The van der Waals surface area contributed by atoms with E-state index < -0.39 is 0 Å². The fourth-order valence-electron chi connectivity index (χ4n) is 3.13. The third-order valence-electron chi connectivity index (χ3n) is 4.57. The van der Waals surface area contributed by atoms with Crippen LogP contribution in [0.5, 0.6) is 5.75 Å². The molecule has 6 heteroatoms. The van der Waals surface area contributed by atoms with Crippen LogP contribution in [0, 0.1) is 0 Å². The van der Waals surface area contributed by atoms with Crippen molar-refractivity contribution in [2.45, 2.75) is 12.5 Å². The van der Waals surface area contributed by atoms with Gasteiger partial charge >= 0.3 is 0 Å². The molecule has 25 heavy (non-hydrogen) atoms. The van der Waals surface area contributed by atoms with Gasteiger partial charge in [0.15, 0.2) is 0 Å². The van der Waals surface area contributed by atoms with Gasteiger partial charge in [-0.15, -0.1) is 10.2 Å². The molecule has 0 aliphatic carbocycles. The summed E-state index contributed by atoms with van der Waals surface area (Å²) >= 11 is 0. The number of ether oxygens (including phenoxy) is 1. The molecule has 0 bridgehead atoms. The molecule has 1 atom stereocenters. The number of carbonyl (C=O) groups excluding carboxylic acids is 1. The Kier molecular flexibility index (Phi) is 3.93. The number of rotatable bonds is 4. The minimum absolute atomic E-state index is 0.0361. The lowest BCUT2D eigenvalue weighted by atomic mass is 9.93. The fraction of sp³-hybridized carbons (Fsp3) is 0.211. The second-order valence-corrected chi connectivity index (χ2v) is 6.00. The average molecular weight is 334 g/mol. The molecule has 3 aromatic rings. The van der Waals surface area contributed by atoms with E-state index in [1.54, 1.807) is 24.3 Å². The molecule has 0 radical (unpaired) electrons. The summed E-state index contributed by atoms with van der Waals surface area (Å²) in [6.45, 7) is 0.761. The van der Waals surface area contributed by atoms with Gasteiger partial charge in [0.2, 0.25) is 0 Å². The van der Waals surface area contributed by atoms with E-state index in [0.29, 0.717) is 5.56 Å². The minimum atomic E-state index is 0.0361. The number of hydrogen-bond donors (Lipinski definition) is 0. The first-order valence-corrected chi connectivity index (χ1v) is 8.16. The van der Waals surface area contributed by atoms with Gasteiger partial charge < -0.3 is 9.64 Å². The second kappa shape index (κ2) is 6.39. The molecule has 2 heterocycles. The van der Waals surface area contributed by atoms with Crippen LogP contribution in [-0.2, 0) is 0 Å². The summed E-state index contributed by atoms with van der Waals surface area (Å²) in [5.74, 6) is 0.848. The highest BCUT2D eigenvalue weighted by Gasteiger charge is 2.34. The SMILES string of the molecule is COc1cccc([C@H]2CCN2C(=O)c2cccc(-n3cnnc3)c2)c1. The zero-order chi connectivity index (χ0) is 17.2. The monoisotopic (exact) mass is 334 g/mol. The maximum Gasteiger partial charge on any atom is 0.254 e. The normalized spacial score (nSPS) is 16.4. The number of hydrogen-bond acceptors (Lipinski definition) is 4. The van der Waals surface area contributed by atoms with Crippen molar-refractivity contribution in [1.29, 1.82) is 0 Å². The lowest BCUT2D eigenvalue weighted by Crippen LogP contribution is -2.45. The Morgan fingerprint density at radius 3 is 2.64 bits per heavy atom. The number of likely N-dealkylation sites (tertiary alicyclic amines) is 1. The third-order valence-corrected chi connectivity index (χ3v) is 4.57. The van der Waals surface area contributed by atoms with Crippen molar-refractivity contribution >= 4 is 5.91 Å². The lowest BCUT2D eigenvalue weighted by Gasteiger charge is -2.41. The van der Waals surface area contributed by atoms with Crippen LogP contribution in [0.4, 0.5) is 0 Å². The minimum Gasteiger partial charge on any atom is -0.497 e. The maximum atomic E-state index is 12.9. The summed E-state index contributed by atoms with van der Waals surface area (Å²) < 4.78 is 7.08. The van der Waals surface area contributed by atoms with Gasteiger partial charge in [0.25, 0.3) is 5.91 Å². The zero-order valence-corrected chi connectivity index (χ0v) is 13.9. The Bertz CT molecular complexity index is 892. The Morgan fingerprint density at radius 2 is 1.92 bits per heavy atom. The van der Waals surface area contributed by atoms with E-state index in [-0.39, 0.29) is 11.9 Å². The molecule has 1 aliphatic rings. The Hall–Kier alpha value is -3.15. The summed E-state index contributed by atoms with van der Waals surface area (Å²) in [5, 5.41) is 7.62. The van der Waals surface area contributed by atoms with Gasteiger partial charge in [-0.3, -0.25) is 9.36 Å². The van der Waals surface area contributed by atoms with Crippen molar-refractivity contribution in [2.75, 3.05) is 13.7 Å². The second-order valence-electron chi connectivity index (χ2n) is 6.00. The van der Waals surface area contributed by atoms with Crippen LogP contribution in [0.15, 0.2) is 61.2 Å². The van der Waals surface area contributed by atoms with Crippen molar-refractivity contribution in [3.63, 3.8) is 0 Å². The van der Waals surface area contributed by atoms with Gasteiger partial charge in [0.05, 0.1) is 13.2 Å².